The number of anilines is 1. The molecule has 0 spiro atoms. The third-order valence-corrected chi connectivity index (χ3v) is 4.93. The summed E-state index contributed by atoms with van der Waals surface area (Å²) in [5.41, 5.74) is 3.08. The first-order chi connectivity index (χ1) is 14.5. The summed E-state index contributed by atoms with van der Waals surface area (Å²) >= 11 is 6.01. The van der Waals surface area contributed by atoms with E-state index in [1.807, 2.05) is 0 Å². The minimum atomic E-state index is -2.92. The van der Waals surface area contributed by atoms with Gasteiger partial charge in [-0.1, -0.05) is 11.6 Å². The molecule has 1 aromatic carbocycles. The van der Waals surface area contributed by atoms with Gasteiger partial charge in [0.2, 0.25) is 0 Å². The molecule has 3 N–H and O–H groups in total. The predicted octanol–water partition coefficient (Wildman–Crippen LogP) is 3.86. The van der Waals surface area contributed by atoms with E-state index < -0.39 is 48.1 Å². The van der Waals surface area contributed by atoms with E-state index in [0.29, 0.717) is 5.75 Å². The first-order valence-corrected chi connectivity index (χ1v) is 9.22. The highest BCUT2D eigenvalue weighted by Gasteiger charge is 2.42. The van der Waals surface area contributed by atoms with Crippen LogP contribution in [-0.2, 0) is 10.3 Å². The molecule has 1 aliphatic rings. The zero-order chi connectivity index (χ0) is 22.9. The molecule has 7 nitrogen and oxygen atoms in total. The number of halogens is 5. The summed E-state index contributed by atoms with van der Waals surface area (Å²) in [5.74, 6) is -3.13. The number of nitrogens with two attached hydrogens (primary N) is 1. The minimum Gasteiger partial charge on any atom is -0.495 e. The number of alkyl halides is 2. The van der Waals surface area contributed by atoms with E-state index in [9.17, 15) is 22.4 Å². The van der Waals surface area contributed by atoms with Crippen molar-refractivity contribution in [1.29, 1.82) is 0 Å². The number of pyridine rings is 1. The Balaban J connectivity index is 1.96. The Kier molecular flexibility index (Phi) is 6.25. The monoisotopic (exact) mass is 460 g/mol. The largest absolute Gasteiger partial charge is 0.495 e. The SMILES string of the molecule is COc1cnc(C(=O)Nc2cc(F)c(F)c([C@]3(C)C[C@@H](C(F)F)OC(N)=N3)c2)c(Cl)c1. The summed E-state index contributed by atoms with van der Waals surface area (Å²) in [6, 6.07) is 2.58. The number of amidine groups is 1. The summed E-state index contributed by atoms with van der Waals surface area (Å²) in [5, 5.41) is 2.32. The lowest BCUT2D eigenvalue weighted by atomic mass is 9.85. The van der Waals surface area contributed by atoms with Crippen LogP contribution in [-0.4, -0.2) is 36.6 Å². The lowest BCUT2D eigenvalue weighted by molar-refractivity contribution is -0.0230. The number of ether oxygens (including phenoxy) is 2. The van der Waals surface area contributed by atoms with E-state index in [2.05, 4.69) is 15.3 Å². The molecule has 0 bridgehead atoms. The molecule has 1 aliphatic heterocycles. The van der Waals surface area contributed by atoms with Crippen molar-refractivity contribution in [1.82, 2.24) is 4.98 Å². The fraction of sp³-hybridized carbons (Fsp3) is 0.316. The Morgan fingerprint density at radius 3 is 2.71 bits per heavy atom. The van der Waals surface area contributed by atoms with Crippen molar-refractivity contribution in [3.8, 4) is 5.75 Å². The van der Waals surface area contributed by atoms with Crippen molar-refractivity contribution >= 4 is 29.2 Å². The highest BCUT2D eigenvalue weighted by molar-refractivity contribution is 6.34. The number of carbonyl (C=O) groups is 1. The highest BCUT2D eigenvalue weighted by atomic mass is 35.5. The van der Waals surface area contributed by atoms with Crippen molar-refractivity contribution in [3.05, 3.63) is 52.3 Å². The molecular weight excluding hydrogens is 444 g/mol. The standard InChI is InChI=1S/C19H17ClF4N4O3/c1-19(6-13(16(23)24)31-18(25)28-19)10-3-8(4-12(21)14(10)22)27-17(29)15-11(20)5-9(30-2)7-26-15/h3-5,7,13,16H,6H2,1-2H3,(H2,25,28)(H,27,29)/t13-,19-/m0/s1. The van der Waals surface area contributed by atoms with Crippen LogP contribution in [0.5, 0.6) is 5.75 Å². The van der Waals surface area contributed by atoms with E-state index in [1.54, 1.807) is 0 Å². The Bertz CT molecular complexity index is 1050. The second kappa shape index (κ2) is 8.58. The second-order valence-electron chi connectivity index (χ2n) is 6.90. The average molecular weight is 461 g/mol. The van der Waals surface area contributed by atoms with Crippen molar-refractivity contribution < 1.29 is 31.8 Å². The van der Waals surface area contributed by atoms with E-state index in [4.69, 9.17) is 26.8 Å². The van der Waals surface area contributed by atoms with E-state index >= 15 is 0 Å². The van der Waals surface area contributed by atoms with Gasteiger partial charge in [0.05, 0.1) is 23.9 Å². The van der Waals surface area contributed by atoms with Gasteiger partial charge < -0.3 is 20.5 Å². The van der Waals surface area contributed by atoms with Crippen molar-refractivity contribution in [3.63, 3.8) is 0 Å². The molecule has 2 aromatic rings. The van der Waals surface area contributed by atoms with Gasteiger partial charge in [-0.05, 0) is 13.0 Å². The molecular formula is C19H17ClF4N4O3. The molecule has 0 radical (unpaired) electrons. The zero-order valence-electron chi connectivity index (χ0n) is 16.3. The van der Waals surface area contributed by atoms with Crippen molar-refractivity contribution in [2.45, 2.75) is 31.4 Å². The van der Waals surface area contributed by atoms with Crippen LogP contribution in [0.25, 0.3) is 0 Å². The van der Waals surface area contributed by atoms with Crippen LogP contribution in [0.15, 0.2) is 29.4 Å². The Labute approximate surface area is 179 Å². The topological polar surface area (TPSA) is 98.8 Å². The lowest BCUT2D eigenvalue weighted by Crippen LogP contribution is -2.42. The van der Waals surface area contributed by atoms with Crippen molar-refractivity contribution in [2.24, 2.45) is 10.7 Å². The van der Waals surface area contributed by atoms with E-state index in [0.717, 1.165) is 12.1 Å². The van der Waals surface area contributed by atoms with Gasteiger partial charge in [-0.2, -0.15) is 0 Å². The minimum absolute atomic E-state index is 0.0341. The van der Waals surface area contributed by atoms with Gasteiger partial charge in [-0.15, -0.1) is 0 Å². The third kappa shape index (κ3) is 4.66. The summed E-state index contributed by atoms with van der Waals surface area (Å²) in [6.07, 6.45) is -3.80. The highest BCUT2D eigenvalue weighted by Crippen LogP contribution is 2.39. The molecule has 2 atom stereocenters. The summed E-state index contributed by atoms with van der Waals surface area (Å²) in [6.45, 7) is 1.31. The quantitative estimate of drug-likeness (QED) is 0.660. The first kappa shape index (κ1) is 22.6. The number of aliphatic imine (C=N–C) groups is 1. The van der Waals surface area contributed by atoms with Gasteiger partial charge in [0.15, 0.2) is 17.7 Å². The maximum Gasteiger partial charge on any atom is 0.283 e. The lowest BCUT2D eigenvalue weighted by Gasteiger charge is -2.35. The number of amides is 1. The molecule has 2 heterocycles. The van der Waals surface area contributed by atoms with Gasteiger partial charge in [-0.25, -0.2) is 27.5 Å². The molecule has 0 saturated heterocycles. The van der Waals surface area contributed by atoms with Crippen LogP contribution in [0.2, 0.25) is 5.02 Å². The number of methoxy groups -OCH3 is 1. The van der Waals surface area contributed by atoms with Gasteiger partial charge in [0.25, 0.3) is 18.4 Å². The zero-order valence-corrected chi connectivity index (χ0v) is 17.0. The fourth-order valence-electron chi connectivity index (χ4n) is 3.16. The summed E-state index contributed by atoms with van der Waals surface area (Å²) < 4.78 is 65.0. The molecule has 1 aromatic heterocycles. The van der Waals surface area contributed by atoms with Crippen LogP contribution in [0.4, 0.5) is 23.2 Å². The molecule has 1 amide bonds. The number of carbonyl (C=O) groups excluding carboxylic acids is 1. The number of hydrogen-bond acceptors (Lipinski definition) is 6. The van der Waals surface area contributed by atoms with E-state index in [1.165, 1.54) is 26.3 Å². The maximum atomic E-state index is 14.6. The molecule has 166 valence electrons. The fourth-order valence-corrected chi connectivity index (χ4v) is 3.40. The normalized spacial score (nSPS) is 20.8. The van der Waals surface area contributed by atoms with Crippen LogP contribution < -0.4 is 15.8 Å². The Hall–Kier alpha value is -3.08. The number of rotatable bonds is 5. The van der Waals surface area contributed by atoms with Gasteiger partial charge in [0, 0.05) is 29.8 Å². The summed E-state index contributed by atoms with van der Waals surface area (Å²) in [7, 11) is 1.39. The van der Waals surface area contributed by atoms with Crippen molar-refractivity contribution in [2.75, 3.05) is 12.4 Å². The van der Waals surface area contributed by atoms with Crippen LogP contribution in [0.1, 0.15) is 29.4 Å². The number of benzene rings is 1. The number of hydrogen-bond donors (Lipinski definition) is 2. The van der Waals surface area contributed by atoms with Gasteiger partial charge >= 0.3 is 0 Å². The number of nitrogens with one attached hydrogen (secondary N) is 1. The Morgan fingerprint density at radius 2 is 2.10 bits per heavy atom. The smallest absolute Gasteiger partial charge is 0.283 e. The van der Waals surface area contributed by atoms with Gasteiger partial charge in [-0.3, -0.25) is 4.79 Å². The molecule has 0 unspecified atom stereocenters. The second-order valence-corrected chi connectivity index (χ2v) is 7.31. The molecule has 0 fully saturated rings. The molecule has 31 heavy (non-hydrogen) atoms. The molecule has 0 aliphatic carbocycles. The average Bonchev–Trinajstić information content (AvgIpc) is 2.69. The first-order valence-electron chi connectivity index (χ1n) is 8.84. The molecule has 12 heteroatoms. The number of nitrogens with zero attached hydrogens (tertiary/aromatic N) is 2. The number of aromatic nitrogens is 1. The van der Waals surface area contributed by atoms with Crippen LogP contribution >= 0.6 is 11.6 Å². The molecule has 3 rings (SSSR count). The Morgan fingerprint density at radius 1 is 1.39 bits per heavy atom. The summed E-state index contributed by atoms with van der Waals surface area (Å²) in [4.78, 5) is 20.3. The van der Waals surface area contributed by atoms with Crippen LogP contribution in [0, 0.1) is 11.6 Å². The predicted molar refractivity (Wildman–Crippen MR) is 105 cm³/mol. The van der Waals surface area contributed by atoms with Crippen LogP contribution in [0.3, 0.4) is 0 Å². The molecule has 0 saturated carbocycles. The van der Waals surface area contributed by atoms with Gasteiger partial charge in [0.1, 0.15) is 11.4 Å². The third-order valence-electron chi connectivity index (χ3n) is 4.64. The van der Waals surface area contributed by atoms with E-state index in [-0.39, 0.29) is 22.0 Å². The maximum absolute atomic E-state index is 14.6.